The summed E-state index contributed by atoms with van der Waals surface area (Å²) in [4.78, 5) is 0. The zero-order chi connectivity index (χ0) is 9.00. The normalized spacial score (nSPS) is 55.4. The van der Waals surface area contributed by atoms with Gasteiger partial charge in [-0.3, -0.25) is 0 Å². The van der Waals surface area contributed by atoms with Crippen LogP contribution in [-0.2, 0) is 0 Å². The lowest BCUT2D eigenvalue weighted by atomic mass is 9.52. The summed E-state index contributed by atoms with van der Waals surface area (Å²) < 4.78 is 0. The van der Waals surface area contributed by atoms with E-state index >= 15 is 0 Å². The number of hydrogen-bond donors (Lipinski definition) is 1. The van der Waals surface area contributed by atoms with Gasteiger partial charge in [0.05, 0.1) is 0 Å². The quantitative estimate of drug-likeness (QED) is 0.646. The zero-order valence-electron chi connectivity index (χ0n) is 7.82. The lowest BCUT2D eigenvalue weighted by molar-refractivity contribution is -0.0677. The minimum atomic E-state index is -0.574. The van der Waals surface area contributed by atoms with E-state index in [4.69, 9.17) is 11.6 Å². The smallest absolute Gasteiger partial charge is 0.131 e. The monoisotopic (exact) mass is 200 g/mol. The molecule has 13 heavy (non-hydrogen) atoms. The standard InChI is InChI=1S/C11H17ClO/c12-11(13)10-8-2-6-1-7(4-8)5-9(10)3-6/h6-11,13H,1-5H2. The van der Waals surface area contributed by atoms with Gasteiger partial charge in [0.15, 0.2) is 0 Å². The number of halogens is 1. The van der Waals surface area contributed by atoms with Crippen LogP contribution in [0.25, 0.3) is 0 Å². The molecule has 4 aliphatic carbocycles. The predicted molar refractivity (Wildman–Crippen MR) is 52.4 cm³/mol. The van der Waals surface area contributed by atoms with Crippen molar-refractivity contribution in [3.63, 3.8) is 0 Å². The Labute approximate surface area is 84.5 Å². The number of hydrogen-bond acceptors (Lipinski definition) is 1. The van der Waals surface area contributed by atoms with E-state index in [9.17, 15) is 5.11 Å². The van der Waals surface area contributed by atoms with Gasteiger partial charge >= 0.3 is 0 Å². The lowest BCUT2D eigenvalue weighted by Gasteiger charge is -2.54. The molecule has 0 aromatic rings. The van der Waals surface area contributed by atoms with Gasteiger partial charge in [-0.05, 0) is 55.8 Å². The average Bonchev–Trinajstić information content (AvgIpc) is 2.00. The minimum Gasteiger partial charge on any atom is -0.377 e. The summed E-state index contributed by atoms with van der Waals surface area (Å²) >= 11 is 5.88. The first-order valence-electron chi connectivity index (χ1n) is 5.56. The van der Waals surface area contributed by atoms with E-state index in [0.717, 1.165) is 23.7 Å². The molecule has 4 bridgehead atoms. The third kappa shape index (κ3) is 1.24. The topological polar surface area (TPSA) is 20.2 Å². The summed E-state index contributed by atoms with van der Waals surface area (Å²) in [5, 5.41) is 9.55. The fourth-order valence-electron chi connectivity index (χ4n) is 4.42. The molecule has 0 saturated heterocycles. The second kappa shape index (κ2) is 2.87. The molecule has 4 fully saturated rings. The Bertz CT molecular complexity index is 186. The van der Waals surface area contributed by atoms with Crippen molar-refractivity contribution in [2.24, 2.45) is 29.6 Å². The molecule has 0 aliphatic heterocycles. The van der Waals surface area contributed by atoms with Gasteiger partial charge in [0, 0.05) is 5.92 Å². The van der Waals surface area contributed by atoms with Crippen LogP contribution in [0.5, 0.6) is 0 Å². The van der Waals surface area contributed by atoms with Crippen molar-refractivity contribution in [3.05, 3.63) is 0 Å². The van der Waals surface area contributed by atoms with Crippen LogP contribution >= 0.6 is 11.6 Å². The van der Waals surface area contributed by atoms with Crippen molar-refractivity contribution >= 4 is 11.6 Å². The van der Waals surface area contributed by atoms with Crippen molar-refractivity contribution in [1.29, 1.82) is 0 Å². The van der Waals surface area contributed by atoms with Crippen LogP contribution in [0.1, 0.15) is 32.1 Å². The average molecular weight is 201 g/mol. The zero-order valence-corrected chi connectivity index (χ0v) is 8.58. The second-order valence-electron chi connectivity index (χ2n) is 5.38. The van der Waals surface area contributed by atoms with Crippen molar-refractivity contribution < 1.29 is 5.11 Å². The molecule has 1 unspecified atom stereocenters. The second-order valence-corrected chi connectivity index (χ2v) is 5.83. The Morgan fingerprint density at radius 1 is 0.923 bits per heavy atom. The maximum absolute atomic E-state index is 9.55. The van der Waals surface area contributed by atoms with Gasteiger partial charge in [0.2, 0.25) is 0 Å². The molecule has 4 saturated carbocycles. The van der Waals surface area contributed by atoms with Crippen molar-refractivity contribution in [1.82, 2.24) is 0 Å². The molecule has 1 atom stereocenters. The highest BCUT2D eigenvalue weighted by Crippen LogP contribution is 2.57. The molecule has 0 aromatic carbocycles. The van der Waals surface area contributed by atoms with Gasteiger partial charge in [-0.2, -0.15) is 0 Å². The molecule has 0 spiro atoms. The first-order valence-corrected chi connectivity index (χ1v) is 6.00. The fourth-order valence-corrected chi connectivity index (χ4v) is 4.83. The van der Waals surface area contributed by atoms with E-state index < -0.39 is 5.56 Å². The fraction of sp³-hybridized carbons (Fsp3) is 1.00. The molecule has 74 valence electrons. The molecule has 1 N–H and O–H groups in total. The van der Waals surface area contributed by atoms with Gasteiger partial charge in [0.1, 0.15) is 5.56 Å². The molecule has 0 aromatic heterocycles. The molecular formula is C11H17ClO. The van der Waals surface area contributed by atoms with Gasteiger partial charge in [0.25, 0.3) is 0 Å². The molecule has 0 amide bonds. The van der Waals surface area contributed by atoms with E-state index in [0.29, 0.717) is 5.92 Å². The molecule has 0 heterocycles. The summed E-state index contributed by atoms with van der Waals surface area (Å²) in [6, 6.07) is 0. The van der Waals surface area contributed by atoms with Crippen LogP contribution < -0.4 is 0 Å². The van der Waals surface area contributed by atoms with E-state index in [1.165, 1.54) is 32.1 Å². The minimum absolute atomic E-state index is 0.425. The van der Waals surface area contributed by atoms with Crippen LogP contribution in [0.3, 0.4) is 0 Å². The highest BCUT2D eigenvalue weighted by molar-refractivity contribution is 6.19. The Kier molecular flexibility index (Phi) is 1.89. The molecule has 4 aliphatic rings. The largest absolute Gasteiger partial charge is 0.377 e. The number of aliphatic hydroxyl groups is 1. The summed E-state index contributed by atoms with van der Waals surface area (Å²) in [5.74, 6) is 3.89. The first kappa shape index (κ1) is 8.55. The SMILES string of the molecule is OC(Cl)C1C2CC3CC(C2)CC1C3. The van der Waals surface area contributed by atoms with Crippen molar-refractivity contribution in [3.8, 4) is 0 Å². The Morgan fingerprint density at radius 2 is 1.38 bits per heavy atom. The summed E-state index contributed by atoms with van der Waals surface area (Å²) in [6.45, 7) is 0. The summed E-state index contributed by atoms with van der Waals surface area (Å²) in [5.41, 5.74) is -0.574. The van der Waals surface area contributed by atoms with Crippen LogP contribution in [-0.4, -0.2) is 10.7 Å². The number of alkyl halides is 1. The number of aliphatic hydroxyl groups excluding tert-OH is 1. The highest BCUT2D eigenvalue weighted by atomic mass is 35.5. The van der Waals surface area contributed by atoms with Crippen molar-refractivity contribution in [2.45, 2.75) is 37.7 Å². The summed E-state index contributed by atoms with van der Waals surface area (Å²) in [7, 11) is 0. The first-order chi connectivity index (χ1) is 6.24. The Hall–Kier alpha value is 0.250. The van der Waals surface area contributed by atoms with Crippen molar-refractivity contribution in [2.75, 3.05) is 0 Å². The Morgan fingerprint density at radius 3 is 1.77 bits per heavy atom. The molecule has 2 heteroatoms. The maximum Gasteiger partial charge on any atom is 0.131 e. The van der Waals surface area contributed by atoms with E-state index in [1.54, 1.807) is 0 Å². The van der Waals surface area contributed by atoms with Gasteiger partial charge in [-0.25, -0.2) is 0 Å². The van der Waals surface area contributed by atoms with Gasteiger partial charge in [-0.1, -0.05) is 11.6 Å². The van der Waals surface area contributed by atoms with Crippen LogP contribution in [0.4, 0.5) is 0 Å². The summed E-state index contributed by atoms with van der Waals surface area (Å²) in [6.07, 6.45) is 6.86. The van der Waals surface area contributed by atoms with Gasteiger partial charge < -0.3 is 5.11 Å². The van der Waals surface area contributed by atoms with E-state index in [-0.39, 0.29) is 0 Å². The van der Waals surface area contributed by atoms with Crippen LogP contribution in [0.2, 0.25) is 0 Å². The van der Waals surface area contributed by atoms with E-state index in [2.05, 4.69) is 0 Å². The Balaban J connectivity index is 1.85. The lowest BCUT2D eigenvalue weighted by Crippen LogP contribution is -2.48. The third-order valence-electron chi connectivity index (χ3n) is 4.62. The molecular weight excluding hydrogens is 184 g/mol. The van der Waals surface area contributed by atoms with Crippen LogP contribution in [0, 0.1) is 29.6 Å². The number of rotatable bonds is 1. The highest BCUT2D eigenvalue weighted by Gasteiger charge is 2.49. The molecule has 4 rings (SSSR count). The predicted octanol–water partition coefficient (Wildman–Crippen LogP) is 2.62. The maximum atomic E-state index is 9.55. The molecule has 1 nitrogen and oxygen atoms in total. The molecule has 0 radical (unpaired) electrons. The third-order valence-corrected chi connectivity index (χ3v) is 4.91. The van der Waals surface area contributed by atoms with E-state index in [1.807, 2.05) is 0 Å². The van der Waals surface area contributed by atoms with Crippen LogP contribution in [0.15, 0.2) is 0 Å². The van der Waals surface area contributed by atoms with Gasteiger partial charge in [-0.15, -0.1) is 0 Å².